The SMILES string of the molecule is C=C(CC/C=C(/C)CCC=C(C)C)C(C)CC. The molecule has 0 heteroatoms. The molecule has 0 saturated carbocycles. The van der Waals surface area contributed by atoms with Gasteiger partial charge >= 0.3 is 0 Å². The topological polar surface area (TPSA) is 0 Å². The van der Waals surface area contributed by atoms with Gasteiger partial charge in [-0.2, -0.15) is 0 Å². The molecule has 0 radical (unpaired) electrons. The number of hydrogen-bond acceptors (Lipinski definition) is 0. The third-order valence-electron chi connectivity index (χ3n) is 3.36. The summed E-state index contributed by atoms with van der Waals surface area (Å²) in [5.74, 6) is 0.675. The van der Waals surface area contributed by atoms with E-state index in [1.807, 2.05) is 0 Å². The van der Waals surface area contributed by atoms with Gasteiger partial charge in [-0.25, -0.2) is 0 Å². The fourth-order valence-electron chi connectivity index (χ4n) is 1.73. The summed E-state index contributed by atoms with van der Waals surface area (Å²) in [6, 6.07) is 0. The van der Waals surface area contributed by atoms with Crippen LogP contribution in [0.25, 0.3) is 0 Å². The molecule has 1 unspecified atom stereocenters. The van der Waals surface area contributed by atoms with Gasteiger partial charge in [-0.3, -0.25) is 0 Å². The standard InChI is InChI=1S/C17H30/c1-7-16(5)17(6)13-9-12-15(4)11-8-10-14(2)3/h10,12,16H,6-9,11,13H2,1-5H3/b15-12-. The number of rotatable bonds is 8. The van der Waals surface area contributed by atoms with Gasteiger partial charge in [0.25, 0.3) is 0 Å². The average Bonchev–Trinajstić information content (AvgIpc) is 2.27. The molecule has 0 fully saturated rings. The van der Waals surface area contributed by atoms with Crippen LogP contribution in [-0.4, -0.2) is 0 Å². The van der Waals surface area contributed by atoms with E-state index >= 15 is 0 Å². The van der Waals surface area contributed by atoms with Crippen LogP contribution in [0.5, 0.6) is 0 Å². The first-order valence-corrected chi connectivity index (χ1v) is 6.94. The van der Waals surface area contributed by atoms with Gasteiger partial charge in [-0.15, -0.1) is 0 Å². The van der Waals surface area contributed by atoms with Crippen LogP contribution in [-0.2, 0) is 0 Å². The Hall–Kier alpha value is -0.780. The molecule has 0 amide bonds. The van der Waals surface area contributed by atoms with E-state index in [4.69, 9.17) is 0 Å². The lowest BCUT2D eigenvalue weighted by Gasteiger charge is -2.11. The minimum absolute atomic E-state index is 0.675. The monoisotopic (exact) mass is 234 g/mol. The lowest BCUT2D eigenvalue weighted by Crippen LogP contribution is -1.95. The van der Waals surface area contributed by atoms with E-state index in [2.05, 4.69) is 53.3 Å². The van der Waals surface area contributed by atoms with E-state index in [-0.39, 0.29) is 0 Å². The second kappa shape index (κ2) is 9.27. The maximum Gasteiger partial charge on any atom is -0.0237 e. The van der Waals surface area contributed by atoms with E-state index in [0.29, 0.717) is 5.92 Å². The predicted molar refractivity (Wildman–Crippen MR) is 80.3 cm³/mol. The van der Waals surface area contributed by atoms with Gasteiger partial charge in [0, 0.05) is 0 Å². The fraction of sp³-hybridized carbons (Fsp3) is 0.647. The third kappa shape index (κ3) is 8.97. The van der Waals surface area contributed by atoms with Gasteiger partial charge in [0.2, 0.25) is 0 Å². The summed E-state index contributed by atoms with van der Waals surface area (Å²) in [6.07, 6.45) is 10.6. The maximum atomic E-state index is 4.17. The molecular weight excluding hydrogens is 204 g/mol. The third-order valence-corrected chi connectivity index (χ3v) is 3.36. The van der Waals surface area contributed by atoms with Crippen LogP contribution >= 0.6 is 0 Å². The van der Waals surface area contributed by atoms with Crippen LogP contribution in [0.3, 0.4) is 0 Å². The van der Waals surface area contributed by atoms with Crippen LogP contribution in [0.2, 0.25) is 0 Å². The summed E-state index contributed by atoms with van der Waals surface area (Å²) in [4.78, 5) is 0. The van der Waals surface area contributed by atoms with Gasteiger partial charge in [0.1, 0.15) is 0 Å². The first-order chi connectivity index (χ1) is 7.97. The van der Waals surface area contributed by atoms with Crippen molar-refractivity contribution in [3.8, 4) is 0 Å². The molecule has 0 aliphatic rings. The van der Waals surface area contributed by atoms with E-state index in [0.717, 1.165) is 12.8 Å². The number of hydrogen-bond donors (Lipinski definition) is 0. The first kappa shape index (κ1) is 16.2. The lowest BCUT2D eigenvalue weighted by molar-refractivity contribution is 0.627. The highest BCUT2D eigenvalue weighted by molar-refractivity contribution is 5.05. The van der Waals surface area contributed by atoms with Crippen molar-refractivity contribution in [1.29, 1.82) is 0 Å². The summed E-state index contributed by atoms with van der Waals surface area (Å²) in [7, 11) is 0. The zero-order valence-electron chi connectivity index (χ0n) is 12.5. The molecule has 0 aliphatic carbocycles. The molecular formula is C17H30. The summed E-state index contributed by atoms with van der Waals surface area (Å²) < 4.78 is 0. The van der Waals surface area contributed by atoms with Gasteiger partial charge in [-0.1, -0.05) is 49.3 Å². The molecule has 0 aromatic carbocycles. The van der Waals surface area contributed by atoms with E-state index in [9.17, 15) is 0 Å². The highest BCUT2D eigenvalue weighted by Crippen LogP contribution is 2.18. The normalized spacial score (nSPS) is 13.4. The van der Waals surface area contributed by atoms with Crippen LogP contribution in [0, 0.1) is 5.92 Å². The molecule has 0 saturated heterocycles. The zero-order chi connectivity index (χ0) is 13.3. The van der Waals surface area contributed by atoms with Crippen LogP contribution in [0.4, 0.5) is 0 Å². The van der Waals surface area contributed by atoms with Crippen molar-refractivity contribution in [2.75, 3.05) is 0 Å². The Morgan fingerprint density at radius 1 is 1.06 bits per heavy atom. The molecule has 1 atom stereocenters. The molecule has 0 aliphatic heterocycles. The smallest absolute Gasteiger partial charge is 0.0237 e. The van der Waals surface area contributed by atoms with Crippen molar-refractivity contribution in [2.45, 2.75) is 66.7 Å². The van der Waals surface area contributed by atoms with Crippen molar-refractivity contribution in [3.05, 3.63) is 35.5 Å². The second-order valence-electron chi connectivity index (χ2n) is 5.38. The highest BCUT2D eigenvalue weighted by atomic mass is 14.1. The Kier molecular flexibility index (Phi) is 8.85. The minimum atomic E-state index is 0.675. The van der Waals surface area contributed by atoms with Gasteiger partial charge in [0.05, 0.1) is 0 Å². The van der Waals surface area contributed by atoms with Crippen molar-refractivity contribution >= 4 is 0 Å². The van der Waals surface area contributed by atoms with Crippen LogP contribution in [0.15, 0.2) is 35.5 Å². The quantitative estimate of drug-likeness (QED) is 0.448. The Labute approximate surface area is 109 Å². The van der Waals surface area contributed by atoms with Crippen molar-refractivity contribution in [2.24, 2.45) is 5.92 Å². The Bertz CT molecular complexity index is 274. The molecule has 0 aromatic heterocycles. The molecule has 0 N–H and O–H groups in total. The summed E-state index contributed by atoms with van der Waals surface area (Å²) in [5.41, 5.74) is 4.34. The summed E-state index contributed by atoms with van der Waals surface area (Å²) in [5, 5.41) is 0. The second-order valence-corrected chi connectivity index (χ2v) is 5.38. The summed E-state index contributed by atoms with van der Waals surface area (Å²) in [6.45, 7) is 15.2. The van der Waals surface area contributed by atoms with E-state index in [1.165, 1.54) is 36.0 Å². The lowest BCUT2D eigenvalue weighted by atomic mass is 9.95. The van der Waals surface area contributed by atoms with E-state index in [1.54, 1.807) is 0 Å². The van der Waals surface area contributed by atoms with Gasteiger partial charge in [0.15, 0.2) is 0 Å². The molecule has 0 bridgehead atoms. The van der Waals surface area contributed by atoms with Crippen molar-refractivity contribution in [3.63, 3.8) is 0 Å². The fourth-order valence-corrected chi connectivity index (χ4v) is 1.73. The average molecular weight is 234 g/mol. The van der Waals surface area contributed by atoms with Crippen molar-refractivity contribution in [1.82, 2.24) is 0 Å². The minimum Gasteiger partial charge on any atom is -0.0996 e. The molecule has 0 spiro atoms. The van der Waals surface area contributed by atoms with Crippen LogP contribution < -0.4 is 0 Å². The highest BCUT2D eigenvalue weighted by Gasteiger charge is 2.02. The zero-order valence-corrected chi connectivity index (χ0v) is 12.5. The summed E-state index contributed by atoms with van der Waals surface area (Å²) >= 11 is 0. The molecule has 0 rings (SSSR count). The first-order valence-electron chi connectivity index (χ1n) is 6.94. The molecule has 0 heterocycles. The maximum absolute atomic E-state index is 4.17. The van der Waals surface area contributed by atoms with E-state index < -0.39 is 0 Å². The Balaban J connectivity index is 3.84. The van der Waals surface area contributed by atoms with Crippen molar-refractivity contribution < 1.29 is 0 Å². The van der Waals surface area contributed by atoms with Crippen LogP contribution in [0.1, 0.15) is 66.7 Å². The Morgan fingerprint density at radius 3 is 2.18 bits per heavy atom. The van der Waals surface area contributed by atoms with Gasteiger partial charge < -0.3 is 0 Å². The predicted octanol–water partition coefficient (Wildman–Crippen LogP) is 6.06. The molecule has 98 valence electrons. The number of allylic oxidation sites excluding steroid dienone is 5. The molecule has 0 aromatic rings. The largest absolute Gasteiger partial charge is 0.0996 e. The molecule has 0 nitrogen and oxygen atoms in total. The Morgan fingerprint density at radius 2 is 1.65 bits per heavy atom. The molecule has 17 heavy (non-hydrogen) atoms. The van der Waals surface area contributed by atoms with Gasteiger partial charge in [-0.05, 0) is 58.8 Å².